The Balaban J connectivity index is 0.894. The lowest BCUT2D eigenvalue weighted by Gasteiger charge is -2.32. The van der Waals surface area contributed by atoms with Crippen molar-refractivity contribution in [3.63, 3.8) is 0 Å². The molecule has 0 radical (unpaired) electrons. The minimum absolute atomic E-state index is 0.0421. The van der Waals surface area contributed by atoms with Gasteiger partial charge in [0.2, 0.25) is 11.8 Å². The van der Waals surface area contributed by atoms with Gasteiger partial charge in [0, 0.05) is 61.3 Å². The summed E-state index contributed by atoms with van der Waals surface area (Å²) in [5.41, 5.74) is 4.05. The molecule has 0 bridgehead atoms. The number of carbonyl (C=O) groups is 1. The largest absolute Gasteiger partial charge is 0.475 e. The molecule has 14 heteroatoms. The first-order chi connectivity index (χ1) is 23.7. The Labute approximate surface area is 288 Å². The monoisotopic (exact) mass is 680 g/mol. The van der Waals surface area contributed by atoms with E-state index in [0.29, 0.717) is 50.1 Å². The van der Waals surface area contributed by atoms with Gasteiger partial charge in [0.05, 0.1) is 23.0 Å². The number of anilines is 1. The number of thiophene rings is 1. The zero-order valence-electron chi connectivity index (χ0n) is 27.9. The first kappa shape index (κ1) is 31.6. The number of aryl methyl sites for hydroxylation is 1. The number of H-pyrrole nitrogens is 1. The van der Waals surface area contributed by atoms with E-state index in [-0.39, 0.29) is 17.4 Å². The summed E-state index contributed by atoms with van der Waals surface area (Å²) in [6.07, 6.45) is 7.48. The number of aliphatic hydroxyl groups is 1. The number of likely N-dealkylation sites (tertiary alicyclic amines) is 1. The molecule has 2 saturated heterocycles. The molecule has 254 valence electrons. The number of rotatable bonds is 8. The second-order valence-electron chi connectivity index (χ2n) is 13.6. The molecule has 8 heterocycles. The molecule has 5 aromatic rings. The molecule has 0 saturated carbocycles. The van der Waals surface area contributed by atoms with Crippen molar-refractivity contribution in [1.29, 1.82) is 0 Å². The number of fused-ring (bicyclic) bond motifs is 1. The second-order valence-corrected chi connectivity index (χ2v) is 14.6. The van der Waals surface area contributed by atoms with Gasteiger partial charge in [-0.05, 0) is 75.6 Å². The number of aromatic nitrogens is 7. The van der Waals surface area contributed by atoms with Gasteiger partial charge in [-0.3, -0.25) is 19.5 Å². The molecule has 3 aliphatic rings. The Hall–Kier alpha value is -4.66. The SMILES string of the molecule is CC(C)Oc1ccc(-c2n[nH]c3ccc(N4CC[C@]5(CCN(CC(=O)N6CC=C(c7ccc(-c8ncn(C)n8)s7)CC6)C5)C4O)nc23)cn1. The maximum Gasteiger partial charge on any atom is 0.237 e. The minimum Gasteiger partial charge on any atom is -0.475 e. The predicted molar refractivity (Wildman–Crippen MR) is 188 cm³/mol. The summed E-state index contributed by atoms with van der Waals surface area (Å²) in [6.45, 7) is 7.76. The third kappa shape index (κ3) is 6.08. The van der Waals surface area contributed by atoms with Crippen LogP contribution >= 0.6 is 11.3 Å². The molecule has 2 atom stereocenters. The van der Waals surface area contributed by atoms with Crippen LogP contribution in [0.2, 0.25) is 0 Å². The lowest BCUT2D eigenvalue weighted by Crippen LogP contribution is -2.44. The Kier molecular flexibility index (Phi) is 8.16. The van der Waals surface area contributed by atoms with E-state index in [1.165, 1.54) is 10.5 Å². The normalized spacial score (nSPS) is 21.4. The zero-order valence-corrected chi connectivity index (χ0v) is 28.7. The molecular formula is C35H40N10O3S. The highest BCUT2D eigenvalue weighted by Gasteiger charge is 2.51. The van der Waals surface area contributed by atoms with Gasteiger partial charge < -0.3 is 19.6 Å². The molecular weight excluding hydrogens is 641 g/mol. The van der Waals surface area contributed by atoms with Gasteiger partial charge in [0.25, 0.3) is 0 Å². The van der Waals surface area contributed by atoms with Crippen LogP contribution in [0.5, 0.6) is 5.88 Å². The molecule has 1 spiro atoms. The number of hydrogen-bond donors (Lipinski definition) is 2. The third-order valence-electron chi connectivity index (χ3n) is 9.87. The summed E-state index contributed by atoms with van der Waals surface area (Å²) in [5.74, 6) is 2.16. The molecule has 5 aromatic heterocycles. The average Bonchev–Trinajstić information content (AvgIpc) is 3.94. The van der Waals surface area contributed by atoms with E-state index >= 15 is 0 Å². The second kappa shape index (κ2) is 12.7. The first-order valence-electron chi connectivity index (χ1n) is 16.8. The van der Waals surface area contributed by atoms with E-state index in [4.69, 9.17) is 9.72 Å². The Bertz CT molecular complexity index is 2020. The van der Waals surface area contributed by atoms with E-state index < -0.39 is 6.23 Å². The van der Waals surface area contributed by atoms with Gasteiger partial charge in [0.1, 0.15) is 29.6 Å². The molecule has 13 nitrogen and oxygen atoms in total. The van der Waals surface area contributed by atoms with Gasteiger partial charge in [0.15, 0.2) is 5.82 Å². The molecule has 49 heavy (non-hydrogen) atoms. The highest BCUT2D eigenvalue weighted by molar-refractivity contribution is 7.16. The number of pyridine rings is 2. The summed E-state index contributed by atoms with van der Waals surface area (Å²) in [4.78, 5) is 35.6. The van der Waals surface area contributed by atoms with Crippen LogP contribution < -0.4 is 9.64 Å². The van der Waals surface area contributed by atoms with Crippen molar-refractivity contribution in [2.45, 2.75) is 45.4 Å². The van der Waals surface area contributed by atoms with Crippen molar-refractivity contribution >= 4 is 39.7 Å². The quantitative estimate of drug-likeness (QED) is 0.245. The number of ether oxygens (including phenoxy) is 1. The standard InChI is InChI=1S/C35H40N10O3S/c1-22(2)48-29-9-4-24(18-36-29)31-32-25(39-40-31)5-8-28(38-32)45-17-13-35(34(45)47)12-16-43(20-35)19-30(46)44-14-10-23(11-15-44)26-6-7-27(49-26)33-37-21-42(3)41-33/h4-10,18,21-22,34,47H,11-17,19-20H2,1-3H3,(H,39,40)/t34?,35-/m0/s1. The zero-order chi connectivity index (χ0) is 33.7. The predicted octanol–water partition coefficient (Wildman–Crippen LogP) is 4.20. The topological polar surface area (TPSA) is 141 Å². The van der Waals surface area contributed by atoms with Crippen LogP contribution in [0.4, 0.5) is 5.82 Å². The van der Waals surface area contributed by atoms with Gasteiger partial charge in [-0.1, -0.05) is 6.08 Å². The fourth-order valence-corrected chi connectivity index (χ4v) is 8.28. The van der Waals surface area contributed by atoms with Crippen molar-refractivity contribution < 1.29 is 14.6 Å². The summed E-state index contributed by atoms with van der Waals surface area (Å²) < 4.78 is 7.40. The third-order valence-corrected chi connectivity index (χ3v) is 11.0. The summed E-state index contributed by atoms with van der Waals surface area (Å²) >= 11 is 1.69. The number of nitrogens with zero attached hydrogens (tertiary/aromatic N) is 9. The molecule has 2 N–H and O–H groups in total. The van der Waals surface area contributed by atoms with E-state index in [9.17, 15) is 9.90 Å². The van der Waals surface area contributed by atoms with Crippen LogP contribution in [0.1, 0.15) is 38.0 Å². The highest BCUT2D eigenvalue weighted by atomic mass is 32.1. The van der Waals surface area contributed by atoms with Crippen molar-refractivity contribution in [1.82, 2.24) is 44.7 Å². The molecule has 1 unspecified atom stereocenters. The van der Waals surface area contributed by atoms with E-state index in [2.05, 4.69) is 48.4 Å². The summed E-state index contributed by atoms with van der Waals surface area (Å²) in [6, 6.07) is 11.9. The lowest BCUT2D eigenvalue weighted by atomic mass is 9.84. The Morgan fingerprint density at radius 1 is 1.10 bits per heavy atom. The molecule has 1 amide bonds. The van der Waals surface area contributed by atoms with Crippen molar-refractivity contribution in [2.75, 3.05) is 44.2 Å². The number of aliphatic hydroxyl groups excluding tert-OH is 1. The van der Waals surface area contributed by atoms with Gasteiger partial charge in [-0.15, -0.1) is 11.3 Å². The fourth-order valence-electron chi connectivity index (χ4n) is 7.27. The summed E-state index contributed by atoms with van der Waals surface area (Å²) in [7, 11) is 1.87. The van der Waals surface area contributed by atoms with Gasteiger partial charge >= 0.3 is 0 Å². The average molecular weight is 681 g/mol. The minimum atomic E-state index is -0.695. The molecule has 2 fully saturated rings. The number of hydrogen-bond acceptors (Lipinski definition) is 11. The molecule has 0 aliphatic carbocycles. The van der Waals surface area contributed by atoms with Crippen LogP contribution in [0.3, 0.4) is 0 Å². The van der Waals surface area contributed by atoms with Crippen LogP contribution in [0, 0.1) is 5.41 Å². The number of aromatic amines is 1. The van der Waals surface area contributed by atoms with Crippen molar-refractivity contribution in [3.05, 3.63) is 59.9 Å². The maximum atomic E-state index is 13.4. The van der Waals surface area contributed by atoms with E-state index in [1.807, 2.05) is 55.0 Å². The maximum absolute atomic E-state index is 13.4. The number of carbonyl (C=O) groups excluding carboxylic acids is 1. The van der Waals surface area contributed by atoms with E-state index in [1.54, 1.807) is 28.5 Å². The fraction of sp³-hybridized carbons (Fsp3) is 0.429. The lowest BCUT2D eigenvalue weighted by molar-refractivity contribution is -0.131. The Morgan fingerprint density at radius 3 is 2.71 bits per heavy atom. The molecule has 0 aromatic carbocycles. The smallest absolute Gasteiger partial charge is 0.237 e. The van der Waals surface area contributed by atoms with Crippen molar-refractivity contribution in [3.8, 4) is 27.8 Å². The van der Waals surface area contributed by atoms with Gasteiger partial charge in [-0.2, -0.15) is 10.2 Å². The number of amides is 1. The van der Waals surface area contributed by atoms with Gasteiger partial charge in [-0.25, -0.2) is 15.0 Å². The Morgan fingerprint density at radius 2 is 1.96 bits per heavy atom. The number of nitrogens with one attached hydrogen (secondary N) is 1. The van der Waals surface area contributed by atoms with Crippen LogP contribution in [0.25, 0.3) is 38.6 Å². The summed E-state index contributed by atoms with van der Waals surface area (Å²) in [5, 5.41) is 23.7. The van der Waals surface area contributed by atoms with Crippen LogP contribution in [0.15, 0.2) is 55.0 Å². The van der Waals surface area contributed by atoms with Crippen molar-refractivity contribution in [2.24, 2.45) is 12.5 Å². The highest BCUT2D eigenvalue weighted by Crippen LogP contribution is 2.45. The molecule has 3 aliphatic heterocycles. The molecule has 8 rings (SSSR count). The van der Waals surface area contributed by atoms with Crippen LogP contribution in [-0.2, 0) is 11.8 Å². The van der Waals surface area contributed by atoms with E-state index in [0.717, 1.165) is 53.1 Å². The first-order valence-corrected chi connectivity index (χ1v) is 17.6. The van der Waals surface area contributed by atoms with Crippen LogP contribution in [-0.4, -0.2) is 107 Å².